The highest BCUT2D eigenvalue weighted by Gasteiger charge is 2.30. The minimum absolute atomic E-state index is 0.108. The summed E-state index contributed by atoms with van der Waals surface area (Å²) in [6.45, 7) is 7.36. The molecule has 0 heterocycles. The quantitative estimate of drug-likeness (QED) is 0.0222. The second-order valence-electron chi connectivity index (χ2n) is 30.3. The van der Waals surface area contributed by atoms with Gasteiger partial charge in [0.2, 0.25) is 0 Å². The Morgan fingerprint density at radius 2 is 0.451 bits per heavy atom. The van der Waals surface area contributed by atoms with Gasteiger partial charge >= 0.3 is 39.5 Å². The Hall–Kier alpha value is -1.94. The first-order valence-electron chi connectivity index (χ1n) is 43.1. The van der Waals surface area contributed by atoms with Gasteiger partial charge in [0.1, 0.15) is 19.3 Å². The van der Waals surface area contributed by atoms with Crippen molar-refractivity contribution in [2.24, 2.45) is 5.92 Å². The van der Waals surface area contributed by atoms with E-state index in [4.69, 9.17) is 37.0 Å². The van der Waals surface area contributed by atoms with Crippen LogP contribution in [0.3, 0.4) is 0 Å². The van der Waals surface area contributed by atoms with Gasteiger partial charge in [-0.1, -0.05) is 394 Å². The summed E-state index contributed by atoms with van der Waals surface area (Å²) in [5, 5.41) is 10.6. The molecule has 5 atom stereocenters. The van der Waals surface area contributed by atoms with Gasteiger partial charge in [0, 0.05) is 25.7 Å². The lowest BCUT2D eigenvalue weighted by Gasteiger charge is -2.21. The molecule has 3 N–H and O–H groups in total. The predicted molar refractivity (Wildman–Crippen MR) is 418 cm³/mol. The summed E-state index contributed by atoms with van der Waals surface area (Å²) in [5.74, 6) is -1.29. The van der Waals surface area contributed by atoms with Gasteiger partial charge < -0.3 is 33.8 Å². The SMILES string of the molecule is CCCCCCCCCCCCCCCCCCCCCCCC(=O)O[C@H](COC(=O)CCCCCCCCCCCCCCCCCCC(C)C)COP(=O)(O)OC[C@@H](O)COP(=O)(O)OC[C@@H](COC(=O)CCCCCCCCCCC)OC(=O)CCCCCCCCCCCCCCC. The van der Waals surface area contributed by atoms with Crippen LogP contribution < -0.4 is 0 Å². The molecule has 0 rings (SSSR count). The van der Waals surface area contributed by atoms with Crippen LogP contribution in [0.4, 0.5) is 0 Å². The monoisotopic (exact) mass is 1490 g/mol. The van der Waals surface area contributed by atoms with Gasteiger partial charge in [0.25, 0.3) is 0 Å². The average Bonchev–Trinajstić information content (AvgIpc) is 0.910. The summed E-state index contributed by atoms with van der Waals surface area (Å²) in [6, 6.07) is 0. The summed E-state index contributed by atoms with van der Waals surface area (Å²) in [6.07, 6.45) is 68.1. The van der Waals surface area contributed by atoms with Crippen LogP contribution in [0, 0.1) is 5.92 Å². The second-order valence-corrected chi connectivity index (χ2v) is 33.3. The number of aliphatic hydroxyl groups is 1. The van der Waals surface area contributed by atoms with Crippen LogP contribution in [0.2, 0.25) is 0 Å². The molecule has 0 aliphatic heterocycles. The summed E-state index contributed by atoms with van der Waals surface area (Å²) in [5.41, 5.74) is 0. The molecule has 0 aliphatic carbocycles. The van der Waals surface area contributed by atoms with Crippen molar-refractivity contribution in [1.82, 2.24) is 0 Å². The summed E-state index contributed by atoms with van der Waals surface area (Å²) in [4.78, 5) is 73.0. The zero-order chi connectivity index (χ0) is 74.8. The first kappa shape index (κ1) is 100. The number of rotatable bonds is 83. The van der Waals surface area contributed by atoms with Crippen LogP contribution in [0.1, 0.15) is 446 Å². The fourth-order valence-corrected chi connectivity index (χ4v) is 14.5. The molecule has 0 aromatic rings. The molecular weight excluding hydrogens is 1330 g/mol. The number of unbranched alkanes of at least 4 members (excludes halogenated alkanes) is 55. The van der Waals surface area contributed by atoms with Crippen LogP contribution in [0.5, 0.6) is 0 Å². The van der Waals surface area contributed by atoms with Crippen molar-refractivity contribution in [3.63, 3.8) is 0 Å². The molecule has 0 aliphatic rings. The van der Waals surface area contributed by atoms with E-state index in [9.17, 15) is 43.2 Å². The Labute approximate surface area is 626 Å². The molecule has 0 bridgehead atoms. The number of phosphoric ester groups is 2. The molecule has 0 saturated heterocycles. The third kappa shape index (κ3) is 76.3. The molecule has 606 valence electrons. The number of hydrogen-bond acceptors (Lipinski definition) is 15. The average molecular weight is 1490 g/mol. The largest absolute Gasteiger partial charge is 0.472 e. The van der Waals surface area contributed by atoms with E-state index in [-0.39, 0.29) is 25.7 Å². The van der Waals surface area contributed by atoms with E-state index in [1.807, 2.05) is 0 Å². The molecule has 2 unspecified atom stereocenters. The van der Waals surface area contributed by atoms with Crippen LogP contribution in [-0.4, -0.2) is 96.7 Å². The topological polar surface area (TPSA) is 237 Å². The van der Waals surface area contributed by atoms with Crippen LogP contribution in [0.15, 0.2) is 0 Å². The van der Waals surface area contributed by atoms with E-state index in [0.717, 1.165) is 95.8 Å². The number of carbonyl (C=O) groups is 4. The molecule has 19 heteroatoms. The fraction of sp³-hybridized carbons (Fsp3) is 0.952. The number of phosphoric acid groups is 2. The van der Waals surface area contributed by atoms with Crippen LogP contribution >= 0.6 is 15.6 Å². The lowest BCUT2D eigenvalue weighted by atomic mass is 10.0. The highest BCUT2D eigenvalue weighted by molar-refractivity contribution is 7.47. The second kappa shape index (κ2) is 75.9. The van der Waals surface area contributed by atoms with Crippen LogP contribution in [-0.2, 0) is 65.4 Å². The molecule has 0 fully saturated rings. The minimum atomic E-state index is -4.96. The maximum absolute atomic E-state index is 13.1. The summed E-state index contributed by atoms with van der Waals surface area (Å²) >= 11 is 0. The van der Waals surface area contributed by atoms with Crippen molar-refractivity contribution in [1.29, 1.82) is 0 Å². The number of esters is 4. The Balaban J connectivity index is 5.20. The van der Waals surface area contributed by atoms with Crippen molar-refractivity contribution in [2.75, 3.05) is 39.6 Å². The first-order valence-corrected chi connectivity index (χ1v) is 46.1. The molecule has 17 nitrogen and oxygen atoms in total. The standard InChI is InChI=1S/C83H162O17P2/c1-6-9-12-15-18-21-23-25-26-27-28-29-30-31-36-40-44-49-54-59-64-69-83(88)100-79(73-94-81(86)67-62-57-52-47-42-39-35-33-32-34-38-41-46-50-55-60-65-76(4)5)75-98-102(91,92)96-71-77(84)70-95-101(89,90)97-74-78(72-93-80(85)66-61-56-51-45-20-17-14-11-8-3)99-82(87)68-63-58-53-48-43-37-24-22-19-16-13-10-7-2/h76-79,84H,6-75H2,1-5H3,(H,89,90)(H,91,92)/t77-,78+,79+/m0/s1. The van der Waals surface area contributed by atoms with Gasteiger partial charge in [-0.25, -0.2) is 9.13 Å². The molecule has 0 saturated carbocycles. The Morgan fingerprint density at radius 1 is 0.265 bits per heavy atom. The minimum Gasteiger partial charge on any atom is -0.462 e. The number of ether oxygens (including phenoxy) is 4. The third-order valence-corrected chi connectivity index (χ3v) is 21.4. The highest BCUT2D eigenvalue weighted by Crippen LogP contribution is 2.45. The highest BCUT2D eigenvalue weighted by atomic mass is 31.2. The van der Waals surface area contributed by atoms with E-state index in [1.165, 1.54) is 270 Å². The molecule has 102 heavy (non-hydrogen) atoms. The van der Waals surface area contributed by atoms with Crippen molar-refractivity contribution < 1.29 is 80.2 Å². The van der Waals surface area contributed by atoms with Gasteiger partial charge in [-0.15, -0.1) is 0 Å². The molecule has 0 amide bonds. The zero-order valence-corrected chi connectivity index (χ0v) is 68.5. The molecule has 0 aromatic heterocycles. The lowest BCUT2D eigenvalue weighted by Crippen LogP contribution is -2.30. The molecular formula is C83H162O17P2. The third-order valence-electron chi connectivity index (χ3n) is 19.5. The fourth-order valence-electron chi connectivity index (χ4n) is 12.9. The maximum atomic E-state index is 13.1. The number of hydrogen-bond donors (Lipinski definition) is 3. The van der Waals surface area contributed by atoms with E-state index in [1.54, 1.807) is 0 Å². The van der Waals surface area contributed by atoms with Gasteiger partial charge in [0.05, 0.1) is 26.4 Å². The van der Waals surface area contributed by atoms with Gasteiger partial charge in [-0.2, -0.15) is 0 Å². The Bertz CT molecular complexity index is 1940. The Kier molecular flexibility index (Phi) is 74.4. The summed E-state index contributed by atoms with van der Waals surface area (Å²) < 4.78 is 68.7. The smallest absolute Gasteiger partial charge is 0.462 e. The first-order chi connectivity index (χ1) is 49.5. The van der Waals surface area contributed by atoms with E-state index in [0.29, 0.717) is 25.7 Å². The van der Waals surface area contributed by atoms with E-state index < -0.39 is 97.5 Å². The van der Waals surface area contributed by atoms with Crippen molar-refractivity contribution in [3.05, 3.63) is 0 Å². The van der Waals surface area contributed by atoms with E-state index in [2.05, 4.69) is 34.6 Å². The molecule has 0 aromatic carbocycles. The van der Waals surface area contributed by atoms with Crippen molar-refractivity contribution in [2.45, 2.75) is 464 Å². The summed E-state index contributed by atoms with van der Waals surface area (Å²) in [7, 11) is -9.92. The van der Waals surface area contributed by atoms with Crippen molar-refractivity contribution in [3.8, 4) is 0 Å². The Morgan fingerprint density at radius 3 is 0.667 bits per heavy atom. The van der Waals surface area contributed by atoms with Gasteiger partial charge in [-0.05, 0) is 31.6 Å². The van der Waals surface area contributed by atoms with Crippen LogP contribution in [0.25, 0.3) is 0 Å². The molecule has 0 spiro atoms. The molecule has 0 radical (unpaired) electrons. The van der Waals surface area contributed by atoms with Gasteiger partial charge in [0.15, 0.2) is 12.2 Å². The van der Waals surface area contributed by atoms with E-state index >= 15 is 0 Å². The number of carbonyl (C=O) groups excluding carboxylic acids is 4. The lowest BCUT2D eigenvalue weighted by molar-refractivity contribution is -0.161. The predicted octanol–water partition coefficient (Wildman–Crippen LogP) is 25.2. The van der Waals surface area contributed by atoms with Gasteiger partial charge in [-0.3, -0.25) is 37.3 Å². The number of aliphatic hydroxyl groups excluding tert-OH is 1. The van der Waals surface area contributed by atoms with Crippen molar-refractivity contribution >= 4 is 39.5 Å². The normalized spacial score (nSPS) is 13.8. The maximum Gasteiger partial charge on any atom is 0.472 e. The zero-order valence-electron chi connectivity index (χ0n) is 66.8.